The first kappa shape index (κ1) is 16.4. The molecule has 0 aliphatic heterocycles. The average molecular weight is 343 g/mol. The highest BCUT2D eigenvalue weighted by molar-refractivity contribution is 7.99. The van der Waals surface area contributed by atoms with Crippen molar-refractivity contribution < 1.29 is 8.42 Å². The summed E-state index contributed by atoms with van der Waals surface area (Å²) in [7, 11) is -1.77. The first-order valence-electron chi connectivity index (χ1n) is 6.37. The Morgan fingerprint density at radius 2 is 2.00 bits per heavy atom. The fraction of sp³-hybridized carbons (Fsp3) is 0.286. The number of benzene rings is 1. The molecule has 0 amide bonds. The molecule has 1 aromatic carbocycles. The van der Waals surface area contributed by atoms with Crippen LogP contribution in [0.25, 0.3) is 0 Å². The summed E-state index contributed by atoms with van der Waals surface area (Å²) < 4.78 is 28.1. The van der Waals surface area contributed by atoms with Crippen LogP contribution in [0.3, 0.4) is 0 Å². The van der Waals surface area contributed by atoms with Crippen molar-refractivity contribution in [2.45, 2.75) is 23.3 Å². The molecule has 0 spiro atoms. The number of anilines is 1. The zero-order valence-corrected chi connectivity index (χ0v) is 14.6. The molecule has 2 aromatic rings. The van der Waals surface area contributed by atoms with Crippen LogP contribution in [-0.2, 0) is 16.6 Å². The molecular weight excluding hydrogens is 324 g/mol. The summed E-state index contributed by atoms with van der Waals surface area (Å²) in [4.78, 5) is 2.12. The van der Waals surface area contributed by atoms with E-state index >= 15 is 0 Å². The Morgan fingerprint density at radius 3 is 2.67 bits per heavy atom. The van der Waals surface area contributed by atoms with E-state index in [4.69, 9.17) is 0 Å². The fourth-order valence-corrected chi connectivity index (χ4v) is 5.58. The minimum Gasteiger partial charge on any atom is -0.315 e. The molecule has 0 fully saturated rings. The molecule has 0 atom stereocenters. The minimum atomic E-state index is -3.58. The summed E-state index contributed by atoms with van der Waals surface area (Å²) in [6.45, 7) is 2.36. The van der Waals surface area contributed by atoms with E-state index in [1.54, 1.807) is 6.07 Å². The molecule has 0 saturated carbocycles. The molecule has 1 aromatic heterocycles. The summed E-state index contributed by atoms with van der Waals surface area (Å²) in [5.74, 6) is 0. The number of hydrogen-bond acceptors (Lipinski definition) is 5. The number of thiophene rings is 1. The summed E-state index contributed by atoms with van der Waals surface area (Å²) in [5, 5.41) is 4.89. The maximum absolute atomic E-state index is 12.7. The predicted octanol–water partition coefficient (Wildman–Crippen LogP) is 3.30. The minimum absolute atomic E-state index is 0.387. The summed E-state index contributed by atoms with van der Waals surface area (Å²) >= 11 is 2.98. The third-order valence-corrected chi connectivity index (χ3v) is 6.57. The van der Waals surface area contributed by atoms with Gasteiger partial charge in [0.15, 0.2) is 0 Å². The zero-order chi connectivity index (χ0) is 15.5. The third kappa shape index (κ3) is 3.60. The SMILES string of the molecule is CNCc1scc(C)c1S(=O)(=O)Nc1ccccc1SC. The van der Waals surface area contributed by atoms with Gasteiger partial charge >= 0.3 is 0 Å². The highest BCUT2D eigenvalue weighted by Crippen LogP contribution is 2.31. The van der Waals surface area contributed by atoms with Gasteiger partial charge in [-0.15, -0.1) is 23.1 Å². The highest BCUT2D eigenvalue weighted by atomic mass is 32.2. The quantitative estimate of drug-likeness (QED) is 0.791. The lowest BCUT2D eigenvalue weighted by molar-refractivity contribution is 0.599. The monoisotopic (exact) mass is 342 g/mol. The number of nitrogens with one attached hydrogen (secondary N) is 2. The Balaban J connectivity index is 2.41. The number of aryl methyl sites for hydroxylation is 1. The molecular formula is C14H18N2O2S3. The van der Waals surface area contributed by atoms with Gasteiger partial charge in [-0.1, -0.05) is 12.1 Å². The van der Waals surface area contributed by atoms with Gasteiger partial charge in [0.25, 0.3) is 10.0 Å². The molecule has 0 radical (unpaired) electrons. The summed E-state index contributed by atoms with van der Waals surface area (Å²) in [5.41, 5.74) is 1.39. The van der Waals surface area contributed by atoms with Gasteiger partial charge in [0, 0.05) is 16.3 Å². The Morgan fingerprint density at radius 1 is 1.29 bits per heavy atom. The Hall–Kier alpha value is -1.02. The maximum atomic E-state index is 12.7. The van der Waals surface area contributed by atoms with Gasteiger partial charge in [-0.05, 0) is 43.3 Å². The first-order chi connectivity index (χ1) is 9.99. The van der Waals surface area contributed by atoms with E-state index in [0.717, 1.165) is 15.3 Å². The molecule has 0 bridgehead atoms. The van der Waals surface area contributed by atoms with Crippen molar-refractivity contribution in [2.24, 2.45) is 0 Å². The summed E-state index contributed by atoms with van der Waals surface area (Å²) in [6.07, 6.45) is 1.93. The Kier molecular flexibility index (Phi) is 5.32. The van der Waals surface area contributed by atoms with Gasteiger partial charge in [-0.2, -0.15) is 0 Å². The van der Waals surface area contributed by atoms with Crippen molar-refractivity contribution in [1.82, 2.24) is 5.32 Å². The van der Waals surface area contributed by atoms with Crippen molar-refractivity contribution in [3.05, 3.63) is 40.1 Å². The van der Waals surface area contributed by atoms with Crippen LogP contribution in [-0.4, -0.2) is 21.7 Å². The van der Waals surface area contributed by atoms with Crippen molar-refractivity contribution in [2.75, 3.05) is 18.0 Å². The van der Waals surface area contributed by atoms with E-state index in [1.807, 2.05) is 43.8 Å². The van der Waals surface area contributed by atoms with Crippen LogP contribution in [0.15, 0.2) is 39.4 Å². The standard InChI is InChI=1S/C14H18N2O2S3/c1-10-9-20-13(8-15-2)14(10)21(17,18)16-11-6-4-5-7-12(11)19-3/h4-7,9,15-16H,8H2,1-3H3. The molecule has 2 rings (SSSR count). The fourth-order valence-electron chi connectivity index (χ4n) is 2.06. The smallest absolute Gasteiger partial charge is 0.263 e. The first-order valence-corrected chi connectivity index (χ1v) is 9.95. The molecule has 1 heterocycles. The van der Waals surface area contributed by atoms with E-state index in [0.29, 0.717) is 17.1 Å². The third-order valence-electron chi connectivity index (χ3n) is 2.95. The second kappa shape index (κ2) is 6.83. The van der Waals surface area contributed by atoms with Crippen LogP contribution in [0.5, 0.6) is 0 Å². The van der Waals surface area contributed by atoms with E-state index < -0.39 is 10.0 Å². The predicted molar refractivity (Wildman–Crippen MR) is 90.9 cm³/mol. The molecule has 2 N–H and O–H groups in total. The van der Waals surface area contributed by atoms with Crippen molar-refractivity contribution >= 4 is 38.8 Å². The number of thioether (sulfide) groups is 1. The van der Waals surface area contributed by atoms with Gasteiger partial charge < -0.3 is 5.32 Å². The lowest BCUT2D eigenvalue weighted by Gasteiger charge is -2.12. The highest BCUT2D eigenvalue weighted by Gasteiger charge is 2.23. The molecule has 0 aliphatic rings. The molecule has 0 saturated heterocycles. The largest absolute Gasteiger partial charge is 0.315 e. The molecule has 0 aliphatic carbocycles. The van der Waals surface area contributed by atoms with Crippen molar-refractivity contribution in [1.29, 1.82) is 0 Å². The Bertz CT molecular complexity index is 724. The number of sulfonamides is 1. The lowest BCUT2D eigenvalue weighted by atomic mass is 10.3. The zero-order valence-electron chi connectivity index (χ0n) is 12.1. The maximum Gasteiger partial charge on any atom is 0.263 e. The Labute approximate surface area is 134 Å². The van der Waals surface area contributed by atoms with Gasteiger partial charge in [-0.3, -0.25) is 4.72 Å². The van der Waals surface area contributed by atoms with Gasteiger partial charge in [0.05, 0.1) is 5.69 Å². The van der Waals surface area contributed by atoms with Crippen LogP contribution >= 0.6 is 23.1 Å². The van der Waals surface area contributed by atoms with Crippen LogP contribution in [0, 0.1) is 6.92 Å². The van der Waals surface area contributed by atoms with E-state index in [1.165, 1.54) is 23.1 Å². The van der Waals surface area contributed by atoms with Crippen LogP contribution < -0.4 is 10.0 Å². The summed E-state index contributed by atoms with van der Waals surface area (Å²) in [6, 6.07) is 7.40. The molecule has 114 valence electrons. The number of hydrogen-bond donors (Lipinski definition) is 2. The number of rotatable bonds is 6. The molecule has 0 unspecified atom stereocenters. The second-order valence-electron chi connectivity index (χ2n) is 4.51. The number of para-hydroxylation sites is 1. The van der Waals surface area contributed by atoms with Crippen LogP contribution in [0.2, 0.25) is 0 Å². The van der Waals surface area contributed by atoms with Crippen molar-refractivity contribution in [3.63, 3.8) is 0 Å². The van der Waals surface area contributed by atoms with Crippen LogP contribution in [0.4, 0.5) is 5.69 Å². The average Bonchev–Trinajstić information content (AvgIpc) is 2.81. The van der Waals surface area contributed by atoms with E-state index in [2.05, 4.69) is 10.0 Å². The molecule has 21 heavy (non-hydrogen) atoms. The van der Waals surface area contributed by atoms with Crippen LogP contribution in [0.1, 0.15) is 10.4 Å². The van der Waals surface area contributed by atoms with Crippen molar-refractivity contribution in [3.8, 4) is 0 Å². The molecule has 7 heteroatoms. The van der Waals surface area contributed by atoms with Gasteiger partial charge in [0.1, 0.15) is 4.90 Å². The van der Waals surface area contributed by atoms with E-state index in [9.17, 15) is 8.42 Å². The normalized spacial score (nSPS) is 11.6. The topological polar surface area (TPSA) is 58.2 Å². The van der Waals surface area contributed by atoms with Gasteiger partial charge in [0.2, 0.25) is 0 Å². The molecule has 4 nitrogen and oxygen atoms in total. The lowest BCUT2D eigenvalue weighted by Crippen LogP contribution is -2.17. The van der Waals surface area contributed by atoms with Gasteiger partial charge in [-0.25, -0.2) is 8.42 Å². The second-order valence-corrected chi connectivity index (χ2v) is 7.94. The van der Waals surface area contributed by atoms with E-state index in [-0.39, 0.29) is 0 Å².